The van der Waals surface area contributed by atoms with Crippen molar-refractivity contribution in [1.82, 2.24) is 0 Å². The highest BCUT2D eigenvalue weighted by atomic mass is 16.3. The summed E-state index contributed by atoms with van der Waals surface area (Å²) in [5.74, 6) is 1.20. The van der Waals surface area contributed by atoms with Gasteiger partial charge in [-0.15, -0.1) is 0 Å². The van der Waals surface area contributed by atoms with Crippen LogP contribution in [-0.2, 0) is 0 Å². The second-order valence-corrected chi connectivity index (χ2v) is 3.44. The maximum absolute atomic E-state index is 8.68. The molecule has 0 aliphatic rings. The summed E-state index contributed by atoms with van der Waals surface area (Å²) in [6.07, 6.45) is 4.49. The van der Waals surface area contributed by atoms with Crippen LogP contribution in [0, 0.1) is 18.3 Å². The first kappa shape index (κ1) is 9.96. The Hall–Kier alpha value is -0.0400. The molecule has 0 bridgehead atoms. The Labute approximate surface area is 64.5 Å². The van der Waals surface area contributed by atoms with Gasteiger partial charge in [-0.3, -0.25) is 0 Å². The maximum Gasteiger partial charge on any atom is 0.0456 e. The number of rotatable bonds is 5. The number of hydrogen-bond donors (Lipinski definition) is 1. The van der Waals surface area contributed by atoms with Crippen molar-refractivity contribution in [3.05, 3.63) is 6.42 Å². The van der Waals surface area contributed by atoms with Crippen molar-refractivity contribution in [3.63, 3.8) is 0 Å². The summed E-state index contributed by atoms with van der Waals surface area (Å²) < 4.78 is 0. The lowest BCUT2D eigenvalue weighted by molar-refractivity contribution is 0.235. The Morgan fingerprint density at radius 1 is 1.20 bits per heavy atom. The van der Waals surface area contributed by atoms with Crippen molar-refractivity contribution < 1.29 is 5.11 Å². The molecule has 1 nitrogen and oxygen atoms in total. The van der Waals surface area contributed by atoms with Crippen LogP contribution in [0.3, 0.4) is 0 Å². The molecular weight excluding hydrogens is 124 g/mol. The minimum absolute atomic E-state index is 0.314. The van der Waals surface area contributed by atoms with Gasteiger partial charge >= 0.3 is 0 Å². The summed E-state index contributed by atoms with van der Waals surface area (Å²) in [4.78, 5) is 0. The molecule has 0 rings (SSSR count). The van der Waals surface area contributed by atoms with E-state index in [0.29, 0.717) is 12.5 Å². The molecule has 0 spiro atoms. The average molecular weight is 143 g/mol. The third-order valence-corrected chi connectivity index (χ3v) is 1.52. The molecule has 1 radical (unpaired) electrons. The predicted octanol–water partition coefficient (Wildman–Crippen LogP) is 2.26. The minimum Gasteiger partial charge on any atom is -0.396 e. The number of hydrogen-bond acceptors (Lipinski definition) is 1. The van der Waals surface area contributed by atoms with Gasteiger partial charge in [-0.25, -0.2) is 0 Å². The van der Waals surface area contributed by atoms with Crippen LogP contribution in [0.1, 0.15) is 33.6 Å². The molecule has 0 aliphatic heterocycles. The molecule has 0 amide bonds. The molecule has 61 valence electrons. The molecule has 0 saturated carbocycles. The summed E-state index contributed by atoms with van der Waals surface area (Å²) in [6.45, 7) is 6.80. The maximum atomic E-state index is 8.68. The van der Waals surface area contributed by atoms with Crippen molar-refractivity contribution in [2.24, 2.45) is 11.8 Å². The van der Waals surface area contributed by atoms with Crippen LogP contribution in [0.2, 0.25) is 0 Å². The monoisotopic (exact) mass is 143 g/mol. The van der Waals surface area contributed by atoms with Crippen LogP contribution < -0.4 is 0 Å². The van der Waals surface area contributed by atoms with Gasteiger partial charge in [-0.1, -0.05) is 20.8 Å². The second kappa shape index (κ2) is 5.72. The SMILES string of the molecule is CC(C)C[CH]CC(C)CO. The summed E-state index contributed by atoms with van der Waals surface area (Å²) in [5, 5.41) is 8.68. The fourth-order valence-corrected chi connectivity index (χ4v) is 0.789. The topological polar surface area (TPSA) is 20.2 Å². The molecule has 0 aromatic rings. The third kappa shape index (κ3) is 6.09. The number of aliphatic hydroxyl groups excluding tert-OH is 1. The first-order chi connectivity index (χ1) is 4.66. The molecule has 1 unspecified atom stereocenters. The molecule has 0 aromatic heterocycles. The molecule has 1 heteroatoms. The smallest absolute Gasteiger partial charge is 0.0456 e. The van der Waals surface area contributed by atoms with Crippen LogP contribution in [0.15, 0.2) is 0 Å². The zero-order chi connectivity index (χ0) is 7.98. The van der Waals surface area contributed by atoms with Crippen LogP contribution in [-0.4, -0.2) is 11.7 Å². The van der Waals surface area contributed by atoms with Crippen molar-refractivity contribution in [2.75, 3.05) is 6.61 Å². The fourth-order valence-electron chi connectivity index (χ4n) is 0.789. The van der Waals surface area contributed by atoms with Gasteiger partial charge in [0, 0.05) is 6.61 Å². The molecule has 1 atom stereocenters. The average Bonchev–Trinajstić information content (AvgIpc) is 1.87. The summed E-state index contributed by atoms with van der Waals surface area (Å²) in [5.41, 5.74) is 0. The van der Waals surface area contributed by atoms with Gasteiger partial charge in [0.2, 0.25) is 0 Å². The molecule has 10 heavy (non-hydrogen) atoms. The van der Waals surface area contributed by atoms with Crippen molar-refractivity contribution >= 4 is 0 Å². The van der Waals surface area contributed by atoms with E-state index in [1.54, 1.807) is 0 Å². The van der Waals surface area contributed by atoms with E-state index in [1.807, 2.05) is 0 Å². The molecular formula is C9H19O. The van der Waals surface area contributed by atoms with Gasteiger partial charge in [0.15, 0.2) is 0 Å². The van der Waals surface area contributed by atoms with Crippen LogP contribution in [0.5, 0.6) is 0 Å². The summed E-state index contributed by atoms with van der Waals surface area (Å²) >= 11 is 0. The zero-order valence-electron chi connectivity index (χ0n) is 7.30. The van der Waals surface area contributed by atoms with E-state index in [0.717, 1.165) is 12.3 Å². The lowest BCUT2D eigenvalue weighted by atomic mass is 10.0. The molecule has 0 aromatic carbocycles. The quantitative estimate of drug-likeness (QED) is 0.626. The van der Waals surface area contributed by atoms with E-state index in [4.69, 9.17) is 5.11 Å². The Morgan fingerprint density at radius 2 is 1.80 bits per heavy atom. The predicted molar refractivity (Wildman–Crippen MR) is 44.6 cm³/mol. The highest BCUT2D eigenvalue weighted by Crippen LogP contribution is 2.10. The van der Waals surface area contributed by atoms with E-state index in [-0.39, 0.29) is 0 Å². The van der Waals surface area contributed by atoms with Crippen molar-refractivity contribution in [1.29, 1.82) is 0 Å². The van der Waals surface area contributed by atoms with E-state index in [9.17, 15) is 0 Å². The zero-order valence-corrected chi connectivity index (χ0v) is 7.30. The van der Waals surface area contributed by atoms with Gasteiger partial charge in [-0.05, 0) is 31.1 Å². The van der Waals surface area contributed by atoms with E-state index in [1.165, 1.54) is 6.42 Å². The lowest BCUT2D eigenvalue weighted by Crippen LogP contribution is -2.01. The van der Waals surface area contributed by atoms with E-state index < -0.39 is 0 Å². The highest BCUT2D eigenvalue weighted by Gasteiger charge is 2.00. The molecule has 0 aliphatic carbocycles. The van der Waals surface area contributed by atoms with E-state index in [2.05, 4.69) is 27.2 Å². The Morgan fingerprint density at radius 3 is 2.20 bits per heavy atom. The lowest BCUT2D eigenvalue weighted by Gasteiger charge is -2.07. The van der Waals surface area contributed by atoms with Gasteiger partial charge in [0.05, 0.1) is 0 Å². The largest absolute Gasteiger partial charge is 0.396 e. The Bertz CT molecular complexity index is 69.1. The Kier molecular flexibility index (Phi) is 5.70. The van der Waals surface area contributed by atoms with Crippen LogP contribution in [0.25, 0.3) is 0 Å². The summed E-state index contributed by atoms with van der Waals surface area (Å²) in [7, 11) is 0. The Balaban J connectivity index is 3.03. The molecule has 0 fully saturated rings. The first-order valence-corrected chi connectivity index (χ1v) is 4.09. The number of aliphatic hydroxyl groups is 1. The normalized spacial score (nSPS) is 14.1. The fraction of sp³-hybridized carbons (Fsp3) is 0.889. The van der Waals surface area contributed by atoms with Crippen molar-refractivity contribution in [3.8, 4) is 0 Å². The van der Waals surface area contributed by atoms with Crippen LogP contribution in [0.4, 0.5) is 0 Å². The minimum atomic E-state index is 0.314. The highest BCUT2D eigenvalue weighted by molar-refractivity contribution is 4.69. The first-order valence-electron chi connectivity index (χ1n) is 4.09. The molecule has 0 saturated heterocycles. The molecule has 1 N–H and O–H groups in total. The van der Waals surface area contributed by atoms with E-state index >= 15 is 0 Å². The third-order valence-electron chi connectivity index (χ3n) is 1.52. The molecule has 0 heterocycles. The standard InChI is InChI=1S/C9H19O/c1-8(2)5-4-6-9(3)7-10/h4,8-10H,5-7H2,1-3H3. The van der Waals surface area contributed by atoms with Gasteiger partial charge in [0.25, 0.3) is 0 Å². The summed E-state index contributed by atoms with van der Waals surface area (Å²) in [6, 6.07) is 0. The van der Waals surface area contributed by atoms with Crippen LogP contribution >= 0.6 is 0 Å². The van der Waals surface area contributed by atoms with Gasteiger partial charge in [-0.2, -0.15) is 0 Å². The van der Waals surface area contributed by atoms with Crippen molar-refractivity contribution in [2.45, 2.75) is 33.6 Å². The van der Waals surface area contributed by atoms with Gasteiger partial charge < -0.3 is 5.11 Å². The second-order valence-electron chi connectivity index (χ2n) is 3.44. The van der Waals surface area contributed by atoms with Gasteiger partial charge in [0.1, 0.15) is 0 Å².